The fraction of sp³-hybridized carbons (Fsp3) is 0.318. The maximum absolute atomic E-state index is 12.6. The Labute approximate surface area is 173 Å². The molecule has 0 aromatic heterocycles. The van der Waals surface area contributed by atoms with Gasteiger partial charge in [0.2, 0.25) is 0 Å². The third-order valence-corrected chi connectivity index (χ3v) is 6.19. The maximum Gasteiger partial charge on any atom is 0.339 e. The number of hydrogen-bond donors (Lipinski definition) is 0. The summed E-state index contributed by atoms with van der Waals surface area (Å²) in [4.78, 5) is 39.3. The molecular formula is C22H21NO5S. The lowest BCUT2D eigenvalue weighted by Crippen LogP contribution is -2.33. The number of nitrogens with zero attached hydrogens (tertiary/aromatic N) is 1. The topological polar surface area (TPSA) is 72.9 Å². The van der Waals surface area contributed by atoms with Gasteiger partial charge in [-0.25, -0.2) is 4.79 Å². The number of amides is 2. The molecule has 0 saturated carbocycles. The Hall–Kier alpha value is -2.64. The van der Waals surface area contributed by atoms with E-state index in [1.54, 1.807) is 48.2 Å². The molecule has 0 N–H and O–H groups in total. The van der Waals surface area contributed by atoms with Crippen LogP contribution < -0.4 is 0 Å². The molecule has 2 amide bonds. The van der Waals surface area contributed by atoms with Gasteiger partial charge in [0, 0.05) is 17.3 Å². The summed E-state index contributed by atoms with van der Waals surface area (Å²) in [6.45, 7) is 0.783. The molecule has 1 saturated heterocycles. The van der Waals surface area contributed by atoms with Crippen molar-refractivity contribution < 1.29 is 23.9 Å². The first-order valence-electron chi connectivity index (χ1n) is 9.61. The SMILES string of the molecule is O=C(OCCN1C(=O)c2ccccc2C1=O)c1ccccc1SC[C@@H]1CCCO1. The molecule has 2 aromatic carbocycles. The summed E-state index contributed by atoms with van der Waals surface area (Å²) in [6, 6.07) is 14.0. The van der Waals surface area contributed by atoms with Crippen LogP contribution in [0.25, 0.3) is 0 Å². The second-order valence-electron chi connectivity index (χ2n) is 6.89. The Kier molecular flexibility index (Phi) is 5.97. The van der Waals surface area contributed by atoms with Gasteiger partial charge in [-0.05, 0) is 37.1 Å². The molecule has 29 heavy (non-hydrogen) atoms. The van der Waals surface area contributed by atoms with Crippen LogP contribution in [0, 0.1) is 0 Å². The van der Waals surface area contributed by atoms with Crippen molar-refractivity contribution in [1.82, 2.24) is 4.90 Å². The first-order chi connectivity index (χ1) is 14.1. The second kappa shape index (κ2) is 8.80. The molecule has 0 unspecified atom stereocenters. The zero-order valence-electron chi connectivity index (χ0n) is 15.8. The largest absolute Gasteiger partial charge is 0.460 e. The van der Waals surface area contributed by atoms with Crippen molar-refractivity contribution in [3.05, 3.63) is 65.2 Å². The van der Waals surface area contributed by atoms with Gasteiger partial charge in [0.25, 0.3) is 11.8 Å². The first-order valence-corrected chi connectivity index (χ1v) is 10.6. The number of carbonyl (C=O) groups excluding carboxylic acids is 3. The van der Waals surface area contributed by atoms with Crippen LogP contribution >= 0.6 is 11.8 Å². The van der Waals surface area contributed by atoms with E-state index in [-0.39, 0.29) is 31.1 Å². The van der Waals surface area contributed by atoms with Crippen LogP contribution in [0.15, 0.2) is 53.4 Å². The fourth-order valence-corrected chi connectivity index (χ4v) is 4.58. The number of thioether (sulfide) groups is 1. The number of ether oxygens (including phenoxy) is 2. The molecule has 6 nitrogen and oxygen atoms in total. The van der Waals surface area contributed by atoms with E-state index in [0.717, 1.165) is 35.0 Å². The van der Waals surface area contributed by atoms with Crippen LogP contribution in [0.2, 0.25) is 0 Å². The molecule has 1 fully saturated rings. The summed E-state index contributed by atoms with van der Waals surface area (Å²) in [5.41, 5.74) is 1.26. The minimum atomic E-state index is -0.461. The van der Waals surface area contributed by atoms with E-state index in [4.69, 9.17) is 9.47 Å². The summed E-state index contributed by atoms with van der Waals surface area (Å²) in [5, 5.41) is 0. The summed E-state index contributed by atoms with van der Waals surface area (Å²) in [7, 11) is 0. The minimum Gasteiger partial charge on any atom is -0.460 e. The molecule has 7 heteroatoms. The van der Waals surface area contributed by atoms with Crippen molar-refractivity contribution in [3.8, 4) is 0 Å². The normalized spacial score (nSPS) is 18.2. The molecule has 1 atom stereocenters. The van der Waals surface area contributed by atoms with Crippen LogP contribution in [-0.4, -0.2) is 54.3 Å². The number of carbonyl (C=O) groups is 3. The van der Waals surface area contributed by atoms with Crippen molar-refractivity contribution in [2.45, 2.75) is 23.8 Å². The van der Waals surface area contributed by atoms with Gasteiger partial charge < -0.3 is 9.47 Å². The molecule has 4 rings (SSSR count). The lowest BCUT2D eigenvalue weighted by atomic mass is 10.1. The highest BCUT2D eigenvalue weighted by Gasteiger charge is 2.34. The van der Waals surface area contributed by atoms with E-state index in [1.165, 1.54) is 0 Å². The zero-order chi connectivity index (χ0) is 20.2. The average molecular weight is 411 g/mol. The fourth-order valence-electron chi connectivity index (χ4n) is 3.47. The number of hydrogen-bond acceptors (Lipinski definition) is 6. The van der Waals surface area contributed by atoms with Crippen molar-refractivity contribution in [2.75, 3.05) is 25.5 Å². The van der Waals surface area contributed by atoms with E-state index in [9.17, 15) is 14.4 Å². The molecule has 2 aliphatic heterocycles. The second-order valence-corrected chi connectivity index (χ2v) is 7.95. The van der Waals surface area contributed by atoms with Gasteiger partial charge >= 0.3 is 5.97 Å². The Morgan fingerprint density at radius 3 is 2.45 bits per heavy atom. The standard InChI is InChI=1S/C22H21NO5S/c24-20-16-7-1-2-8-17(16)21(25)23(20)11-13-28-22(26)18-9-3-4-10-19(18)29-14-15-6-5-12-27-15/h1-4,7-10,15H,5-6,11-14H2/t15-/m0/s1. The number of imide groups is 1. The predicted octanol–water partition coefficient (Wildman–Crippen LogP) is 3.41. The van der Waals surface area contributed by atoms with Crippen molar-refractivity contribution in [3.63, 3.8) is 0 Å². The van der Waals surface area contributed by atoms with Crippen LogP contribution in [0.1, 0.15) is 43.9 Å². The molecule has 0 spiro atoms. The summed E-state index contributed by atoms with van der Waals surface area (Å²) < 4.78 is 11.0. The average Bonchev–Trinajstić information content (AvgIpc) is 3.35. The molecule has 2 aromatic rings. The van der Waals surface area contributed by atoms with E-state index in [1.807, 2.05) is 12.1 Å². The van der Waals surface area contributed by atoms with E-state index in [2.05, 4.69) is 0 Å². The molecule has 0 aliphatic carbocycles. The third-order valence-electron chi connectivity index (χ3n) is 4.98. The summed E-state index contributed by atoms with van der Waals surface area (Å²) >= 11 is 1.58. The Morgan fingerprint density at radius 1 is 1.07 bits per heavy atom. The van der Waals surface area contributed by atoms with E-state index in [0.29, 0.717) is 16.7 Å². The van der Waals surface area contributed by atoms with Gasteiger partial charge in [-0.15, -0.1) is 11.8 Å². The van der Waals surface area contributed by atoms with Gasteiger partial charge in [-0.3, -0.25) is 14.5 Å². The first kappa shape index (κ1) is 19.7. The minimum absolute atomic E-state index is 0.0311. The quantitative estimate of drug-likeness (QED) is 0.395. The van der Waals surface area contributed by atoms with Crippen LogP contribution in [-0.2, 0) is 9.47 Å². The van der Waals surface area contributed by atoms with Crippen molar-refractivity contribution in [2.24, 2.45) is 0 Å². The van der Waals surface area contributed by atoms with Crippen molar-refractivity contribution >= 4 is 29.5 Å². The third kappa shape index (κ3) is 4.21. The van der Waals surface area contributed by atoms with E-state index >= 15 is 0 Å². The predicted molar refractivity (Wildman–Crippen MR) is 108 cm³/mol. The van der Waals surface area contributed by atoms with Gasteiger partial charge in [0.1, 0.15) is 6.61 Å². The Bertz CT molecular complexity index is 903. The zero-order valence-corrected chi connectivity index (χ0v) is 16.7. The van der Waals surface area contributed by atoms with Gasteiger partial charge in [-0.2, -0.15) is 0 Å². The molecule has 0 bridgehead atoms. The van der Waals surface area contributed by atoms with Crippen LogP contribution in [0.5, 0.6) is 0 Å². The monoisotopic (exact) mass is 411 g/mol. The van der Waals surface area contributed by atoms with Crippen molar-refractivity contribution in [1.29, 1.82) is 0 Å². The Balaban J connectivity index is 1.33. The number of fused-ring (bicyclic) bond motifs is 1. The van der Waals surface area contributed by atoms with Gasteiger partial charge in [0.05, 0.1) is 29.3 Å². The lowest BCUT2D eigenvalue weighted by Gasteiger charge is -2.15. The number of rotatable bonds is 7. The maximum atomic E-state index is 12.6. The molecular weight excluding hydrogens is 390 g/mol. The number of benzene rings is 2. The summed E-state index contributed by atoms with van der Waals surface area (Å²) in [6.07, 6.45) is 2.34. The lowest BCUT2D eigenvalue weighted by molar-refractivity contribution is 0.0417. The number of esters is 1. The van der Waals surface area contributed by atoms with Crippen LogP contribution in [0.4, 0.5) is 0 Å². The van der Waals surface area contributed by atoms with Crippen LogP contribution in [0.3, 0.4) is 0 Å². The smallest absolute Gasteiger partial charge is 0.339 e. The van der Waals surface area contributed by atoms with Gasteiger partial charge in [0.15, 0.2) is 0 Å². The highest BCUT2D eigenvalue weighted by Crippen LogP contribution is 2.27. The van der Waals surface area contributed by atoms with E-state index < -0.39 is 5.97 Å². The molecule has 0 radical (unpaired) electrons. The Morgan fingerprint density at radius 2 is 1.76 bits per heavy atom. The highest BCUT2D eigenvalue weighted by molar-refractivity contribution is 7.99. The molecule has 2 aliphatic rings. The molecule has 2 heterocycles. The summed E-state index contributed by atoms with van der Waals surface area (Å²) in [5.74, 6) is -0.375. The van der Waals surface area contributed by atoms with Gasteiger partial charge in [-0.1, -0.05) is 24.3 Å². The highest BCUT2D eigenvalue weighted by atomic mass is 32.2. The molecule has 150 valence electrons.